The highest BCUT2D eigenvalue weighted by Crippen LogP contribution is 2.37. The zero-order valence-electron chi connectivity index (χ0n) is 14.8. The second-order valence-electron chi connectivity index (χ2n) is 7.27. The number of piperidine rings is 1. The average Bonchev–Trinajstić information content (AvgIpc) is 2.98. The molecule has 4 nitrogen and oxygen atoms in total. The van der Waals surface area contributed by atoms with E-state index in [-0.39, 0.29) is 30.8 Å². The van der Waals surface area contributed by atoms with Crippen LogP contribution in [0, 0.1) is 0 Å². The Balaban J connectivity index is 1.50. The third kappa shape index (κ3) is 4.53. The Bertz CT molecular complexity index is 695. The summed E-state index contributed by atoms with van der Waals surface area (Å²) in [5, 5.41) is 4.88. The van der Waals surface area contributed by atoms with Crippen molar-refractivity contribution in [1.82, 2.24) is 4.90 Å². The predicted molar refractivity (Wildman–Crippen MR) is 96.7 cm³/mol. The Kier molecular flexibility index (Phi) is 5.51. The third-order valence-electron chi connectivity index (χ3n) is 5.06. The second kappa shape index (κ2) is 7.51. The molecule has 1 aromatic carbocycles. The zero-order chi connectivity index (χ0) is 18.8. The average molecular weight is 385 g/mol. The molecule has 1 saturated heterocycles. The van der Waals surface area contributed by atoms with Crippen LogP contribution < -0.4 is 0 Å². The molecule has 0 atom stereocenters. The summed E-state index contributed by atoms with van der Waals surface area (Å²) in [6.45, 7) is 2.01. The molecule has 2 heterocycles. The van der Waals surface area contributed by atoms with Crippen LogP contribution in [0.5, 0.6) is 0 Å². The van der Waals surface area contributed by atoms with Crippen molar-refractivity contribution >= 4 is 23.2 Å². The molecular formula is C19H23ClF2N2O2. The predicted octanol–water partition coefficient (Wildman–Crippen LogP) is 4.65. The van der Waals surface area contributed by atoms with Crippen molar-refractivity contribution in [2.45, 2.75) is 57.0 Å². The molecule has 0 bridgehead atoms. The summed E-state index contributed by atoms with van der Waals surface area (Å²) in [5.41, 5.74) is 1.33. The van der Waals surface area contributed by atoms with Gasteiger partial charge in [-0.3, -0.25) is 4.79 Å². The molecule has 26 heavy (non-hydrogen) atoms. The van der Waals surface area contributed by atoms with Crippen LogP contribution in [0.2, 0.25) is 5.02 Å². The van der Waals surface area contributed by atoms with Gasteiger partial charge in [0.15, 0.2) is 0 Å². The van der Waals surface area contributed by atoms with E-state index in [1.165, 1.54) is 0 Å². The van der Waals surface area contributed by atoms with E-state index < -0.39 is 5.92 Å². The van der Waals surface area contributed by atoms with Crippen LogP contribution in [0.15, 0.2) is 29.4 Å². The lowest BCUT2D eigenvalue weighted by molar-refractivity contribution is -0.137. The van der Waals surface area contributed by atoms with Crippen molar-refractivity contribution in [2.75, 3.05) is 13.1 Å². The topological polar surface area (TPSA) is 41.9 Å². The number of hydrogen-bond donors (Lipinski definition) is 0. The van der Waals surface area contributed by atoms with E-state index in [0.29, 0.717) is 37.4 Å². The van der Waals surface area contributed by atoms with Gasteiger partial charge in [-0.1, -0.05) is 35.0 Å². The largest absolute Gasteiger partial charge is 0.388 e. The molecule has 0 unspecified atom stereocenters. The minimum atomic E-state index is -2.71. The summed E-state index contributed by atoms with van der Waals surface area (Å²) in [4.78, 5) is 19.7. The van der Waals surface area contributed by atoms with Gasteiger partial charge in [-0.15, -0.1) is 0 Å². The number of carbonyl (C=O) groups is 1. The van der Waals surface area contributed by atoms with Gasteiger partial charge in [0, 0.05) is 55.8 Å². The summed E-state index contributed by atoms with van der Waals surface area (Å²) < 4.78 is 25.7. The zero-order valence-corrected chi connectivity index (χ0v) is 15.6. The fourth-order valence-corrected chi connectivity index (χ4v) is 3.75. The molecular weight excluding hydrogens is 362 g/mol. The molecule has 1 amide bonds. The van der Waals surface area contributed by atoms with Crippen molar-refractivity contribution in [3.63, 3.8) is 0 Å². The number of likely N-dealkylation sites (tertiary alicyclic amines) is 1. The molecule has 142 valence electrons. The van der Waals surface area contributed by atoms with Crippen LogP contribution in [0.4, 0.5) is 8.78 Å². The standard InChI is InChI=1S/C19H23ClF2N2O2/c1-18(21,22)8-4-7-17(25)24-11-9-19(10-12-24)13-16(23-26-19)14-5-2-3-6-15(14)20/h2-3,5-6H,4,7-13H2,1H3. The van der Waals surface area contributed by atoms with E-state index in [4.69, 9.17) is 16.4 Å². The SMILES string of the molecule is CC(F)(F)CCCC(=O)N1CCC2(CC1)CC(c1ccccc1Cl)=NO2. The first-order valence-corrected chi connectivity index (χ1v) is 9.31. The Labute approximate surface area is 157 Å². The molecule has 1 aromatic rings. The van der Waals surface area contributed by atoms with E-state index in [9.17, 15) is 13.6 Å². The van der Waals surface area contributed by atoms with Crippen LogP contribution in [0.3, 0.4) is 0 Å². The van der Waals surface area contributed by atoms with Gasteiger partial charge in [0.05, 0.1) is 5.71 Å². The van der Waals surface area contributed by atoms with Crippen LogP contribution in [-0.4, -0.2) is 41.1 Å². The maximum absolute atomic E-state index is 12.9. The molecule has 0 saturated carbocycles. The number of oxime groups is 1. The van der Waals surface area contributed by atoms with Gasteiger partial charge in [-0.25, -0.2) is 8.78 Å². The molecule has 2 aliphatic rings. The number of alkyl halides is 2. The fourth-order valence-electron chi connectivity index (χ4n) is 3.50. The monoisotopic (exact) mass is 384 g/mol. The molecule has 0 aliphatic carbocycles. The molecule has 3 rings (SSSR count). The third-order valence-corrected chi connectivity index (χ3v) is 5.39. The van der Waals surface area contributed by atoms with Gasteiger partial charge in [-0.05, 0) is 19.4 Å². The minimum absolute atomic E-state index is 0.0608. The summed E-state index contributed by atoms with van der Waals surface area (Å²) in [7, 11) is 0. The van der Waals surface area contributed by atoms with E-state index in [0.717, 1.165) is 18.2 Å². The number of benzene rings is 1. The second-order valence-corrected chi connectivity index (χ2v) is 7.68. The first-order chi connectivity index (χ1) is 12.3. The van der Waals surface area contributed by atoms with Gasteiger partial charge in [0.2, 0.25) is 11.8 Å². The maximum Gasteiger partial charge on any atom is 0.245 e. The number of rotatable bonds is 5. The van der Waals surface area contributed by atoms with Crippen LogP contribution >= 0.6 is 11.6 Å². The summed E-state index contributed by atoms with van der Waals surface area (Å²) in [6, 6.07) is 7.53. The maximum atomic E-state index is 12.9. The molecule has 1 fully saturated rings. The van der Waals surface area contributed by atoms with Crippen LogP contribution in [0.1, 0.15) is 51.0 Å². The first kappa shape index (κ1) is 19.1. The van der Waals surface area contributed by atoms with E-state index in [2.05, 4.69) is 5.16 Å². The van der Waals surface area contributed by atoms with E-state index in [1.54, 1.807) is 4.90 Å². The normalized spacial score (nSPS) is 19.4. The Hall–Kier alpha value is -1.69. The summed E-state index contributed by atoms with van der Waals surface area (Å²) in [6.07, 6.45) is 2.15. The number of amides is 1. The van der Waals surface area contributed by atoms with Gasteiger partial charge >= 0.3 is 0 Å². The molecule has 0 radical (unpaired) electrons. The van der Waals surface area contributed by atoms with Gasteiger partial charge in [0.25, 0.3) is 0 Å². The van der Waals surface area contributed by atoms with Crippen LogP contribution in [-0.2, 0) is 9.63 Å². The van der Waals surface area contributed by atoms with Gasteiger partial charge < -0.3 is 9.74 Å². The highest BCUT2D eigenvalue weighted by molar-refractivity contribution is 6.34. The van der Waals surface area contributed by atoms with Crippen molar-refractivity contribution in [3.05, 3.63) is 34.9 Å². The quantitative estimate of drug-likeness (QED) is 0.741. The summed E-state index contributed by atoms with van der Waals surface area (Å²) in [5.74, 6) is -2.77. The highest BCUT2D eigenvalue weighted by atomic mass is 35.5. The Morgan fingerprint density at radius 3 is 2.69 bits per heavy atom. The number of carbonyl (C=O) groups excluding carboxylic acids is 1. The number of halogens is 3. The molecule has 1 spiro atoms. The van der Waals surface area contributed by atoms with Crippen molar-refractivity contribution in [2.24, 2.45) is 5.16 Å². The van der Waals surface area contributed by atoms with Crippen LogP contribution in [0.25, 0.3) is 0 Å². The lowest BCUT2D eigenvalue weighted by Gasteiger charge is -2.37. The minimum Gasteiger partial charge on any atom is -0.388 e. The molecule has 2 aliphatic heterocycles. The lowest BCUT2D eigenvalue weighted by Crippen LogP contribution is -2.46. The smallest absolute Gasteiger partial charge is 0.245 e. The molecule has 0 N–H and O–H groups in total. The number of hydrogen-bond acceptors (Lipinski definition) is 3. The molecule has 0 aromatic heterocycles. The van der Waals surface area contributed by atoms with E-state index >= 15 is 0 Å². The Morgan fingerprint density at radius 1 is 1.35 bits per heavy atom. The first-order valence-electron chi connectivity index (χ1n) is 8.94. The molecule has 7 heteroatoms. The van der Waals surface area contributed by atoms with Gasteiger partial charge in [0.1, 0.15) is 5.60 Å². The van der Waals surface area contributed by atoms with Gasteiger partial charge in [-0.2, -0.15) is 0 Å². The summed E-state index contributed by atoms with van der Waals surface area (Å²) >= 11 is 6.23. The van der Waals surface area contributed by atoms with Crippen molar-refractivity contribution < 1.29 is 18.4 Å². The highest BCUT2D eigenvalue weighted by Gasteiger charge is 2.43. The van der Waals surface area contributed by atoms with Crippen molar-refractivity contribution in [1.29, 1.82) is 0 Å². The fraction of sp³-hybridized carbons (Fsp3) is 0.579. The van der Waals surface area contributed by atoms with E-state index in [1.807, 2.05) is 24.3 Å². The Morgan fingerprint density at radius 2 is 2.04 bits per heavy atom. The van der Waals surface area contributed by atoms with Crippen molar-refractivity contribution in [3.8, 4) is 0 Å². The number of nitrogens with zero attached hydrogens (tertiary/aromatic N) is 2. The lowest BCUT2D eigenvalue weighted by atomic mass is 9.85.